The van der Waals surface area contributed by atoms with E-state index in [1.54, 1.807) is 19.2 Å². The molecule has 0 radical (unpaired) electrons. The summed E-state index contributed by atoms with van der Waals surface area (Å²) in [6.07, 6.45) is 4.65. The quantitative estimate of drug-likeness (QED) is 0.611. The maximum atomic E-state index is 13.7. The number of anilines is 2. The van der Waals surface area contributed by atoms with Gasteiger partial charge in [0.05, 0.1) is 5.69 Å². The summed E-state index contributed by atoms with van der Waals surface area (Å²) in [6.45, 7) is 5.47. The van der Waals surface area contributed by atoms with Crippen LogP contribution in [0, 0.1) is 11.6 Å². The molecule has 0 spiro atoms. The van der Waals surface area contributed by atoms with E-state index in [0.717, 1.165) is 12.1 Å². The molecule has 2 aromatic heterocycles. The Kier molecular flexibility index (Phi) is 5.02. The molecule has 0 bridgehead atoms. The van der Waals surface area contributed by atoms with Gasteiger partial charge in [-0.25, -0.2) is 18.8 Å². The Labute approximate surface area is 148 Å². The first-order valence-electron chi connectivity index (χ1n) is 7.66. The summed E-state index contributed by atoms with van der Waals surface area (Å²) in [5, 5.41) is 2.95. The molecule has 26 heavy (non-hydrogen) atoms. The number of pyridine rings is 1. The smallest absolute Gasteiger partial charge is 0.208 e. The first kappa shape index (κ1) is 17.3. The molecule has 3 aromatic rings. The standard InChI is InChI=1S/C18H15F2N5O/c1-3-14-17(21-4-2)25-18(23-14)24-15-10-11(8-9-22-15)26-16-12(19)6-5-7-13(16)20/h3-10H,1H2,2H3,(H2,22,23,24,25)/b21-4-. The van der Waals surface area contributed by atoms with E-state index in [9.17, 15) is 8.78 Å². The number of benzene rings is 1. The Hall–Kier alpha value is -3.55. The zero-order chi connectivity index (χ0) is 18.5. The van der Waals surface area contributed by atoms with Crippen LogP contribution in [0.5, 0.6) is 11.5 Å². The predicted octanol–water partition coefficient (Wildman–Crippen LogP) is 4.98. The molecule has 0 aliphatic carbocycles. The lowest BCUT2D eigenvalue weighted by Gasteiger charge is -2.09. The third-order valence-electron chi connectivity index (χ3n) is 3.28. The van der Waals surface area contributed by atoms with Gasteiger partial charge in [0.2, 0.25) is 5.95 Å². The van der Waals surface area contributed by atoms with Crippen LogP contribution in [0.2, 0.25) is 0 Å². The number of nitrogens with one attached hydrogen (secondary N) is 2. The maximum absolute atomic E-state index is 13.7. The number of nitrogens with zero attached hydrogens (tertiary/aromatic N) is 3. The number of ether oxygens (including phenoxy) is 1. The highest BCUT2D eigenvalue weighted by atomic mass is 19.1. The highest BCUT2D eigenvalue weighted by molar-refractivity contribution is 5.67. The summed E-state index contributed by atoms with van der Waals surface area (Å²) in [7, 11) is 0. The summed E-state index contributed by atoms with van der Waals surface area (Å²) in [6, 6.07) is 6.48. The van der Waals surface area contributed by atoms with E-state index in [-0.39, 0.29) is 5.75 Å². The molecule has 3 rings (SSSR count). The maximum Gasteiger partial charge on any atom is 0.208 e. The van der Waals surface area contributed by atoms with E-state index in [1.807, 2.05) is 0 Å². The van der Waals surface area contributed by atoms with Crippen molar-refractivity contribution < 1.29 is 13.5 Å². The minimum atomic E-state index is -0.792. The molecule has 6 nitrogen and oxygen atoms in total. The minimum absolute atomic E-state index is 0.216. The first-order chi connectivity index (χ1) is 12.6. The fourth-order valence-corrected chi connectivity index (χ4v) is 2.16. The molecule has 0 aliphatic rings. The number of aromatic amines is 1. The molecule has 132 valence electrons. The summed E-state index contributed by atoms with van der Waals surface area (Å²) in [5.41, 5.74) is 0.645. The van der Waals surface area contributed by atoms with E-state index in [4.69, 9.17) is 4.74 Å². The second kappa shape index (κ2) is 7.56. The lowest BCUT2D eigenvalue weighted by atomic mass is 10.3. The second-order valence-corrected chi connectivity index (χ2v) is 5.07. The van der Waals surface area contributed by atoms with Crippen molar-refractivity contribution in [1.29, 1.82) is 0 Å². The van der Waals surface area contributed by atoms with Crippen LogP contribution in [0.3, 0.4) is 0 Å². The molecule has 8 heteroatoms. The van der Waals surface area contributed by atoms with Crippen molar-refractivity contribution in [1.82, 2.24) is 15.0 Å². The van der Waals surface area contributed by atoms with Gasteiger partial charge in [0, 0.05) is 18.5 Å². The van der Waals surface area contributed by atoms with E-state index < -0.39 is 17.4 Å². The van der Waals surface area contributed by atoms with Gasteiger partial charge in [-0.05, 0) is 31.2 Å². The summed E-state index contributed by atoms with van der Waals surface area (Å²) >= 11 is 0. The van der Waals surface area contributed by atoms with Crippen molar-refractivity contribution in [2.75, 3.05) is 5.32 Å². The number of halogens is 2. The van der Waals surface area contributed by atoms with Crippen molar-refractivity contribution in [2.24, 2.45) is 4.99 Å². The molecule has 0 saturated heterocycles. The van der Waals surface area contributed by atoms with E-state index in [1.165, 1.54) is 24.4 Å². The summed E-state index contributed by atoms with van der Waals surface area (Å²) < 4.78 is 32.7. The third kappa shape index (κ3) is 3.75. The van der Waals surface area contributed by atoms with Crippen molar-refractivity contribution in [3.8, 4) is 11.5 Å². The van der Waals surface area contributed by atoms with Crippen molar-refractivity contribution in [2.45, 2.75) is 6.92 Å². The highest BCUT2D eigenvalue weighted by Gasteiger charge is 2.12. The molecule has 0 amide bonds. The molecule has 2 N–H and O–H groups in total. The number of para-hydroxylation sites is 1. The Morgan fingerprint density at radius 3 is 2.73 bits per heavy atom. The monoisotopic (exact) mass is 355 g/mol. The van der Waals surface area contributed by atoms with Crippen LogP contribution in [-0.2, 0) is 0 Å². The van der Waals surface area contributed by atoms with Gasteiger partial charge in [0.1, 0.15) is 11.6 Å². The molecule has 2 heterocycles. The molecule has 0 fully saturated rings. The molecular weight excluding hydrogens is 340 g/mol. The molecule has 0 atom stereocenters. The van der Waals surface area contributed by atoms with Gasteiger partial charge in [-0.1, -0.05) is 12.6 Å². The zero-order valence-electron chi connectivity index (χ0n) is 13.8. The van der Waals surface area contributed by atoms with E-state index in [0.29, 0.717) is 23.3 Å². The SMILES string of the molecule is C=Cc1[nH]c(Nc2cc(Oc3c(F)cccc3F)ccn2)nc1/N=C\C. The highest BCUT2D eigenvalue weighted by Crippen LogP contribution is 2.29. The normalized spacial score (nSPS) is 10.9. The van der Waals surface area contributed by atoms with Gasteiger partial charge in [0.25, 0.3) is 0 Å². The average Bonchev–Trinajstić information content (AvgIpc) is 3.00. The minimum Gasteiger partial charge on any atom is -0.451 e. The second-order valence-electron chi connectivity index (χ2n) is 5.07. The summed E-state index contributed by atoms with van der Waals surface area (Å²) in [5.74, 6) is -0.603. The van der Waals surface area contributed by atoms with Crippen LogP contribution < -0.4 is 10.1 Å². The molecule has 0 saturated carbocycles. The number of hydrogen-bond acceptors (Lipinski definition) is 5. The third-order valence-corrected chi connectivity index (χ3v) is 3.28. The van der Waals surface area contributed by atoms with Gasteiger partial charge >= 0.3 is 0 Å². The first-order valence-corrected chi connectivity index (χ1v) is 7.66. The van der Waals surface area contributed by atoms with Crippen molar-refractivity contribution in [3.63, 3.8) is 0 Å². The largest absolute Gasteiger partial charge is 0.451 e. The molecule has 1 aromatic carbocycles. The number of rotatable bonds is 6. The van der Waals surface area contributed by atoms with Crippen LogP contribution >= 0.6 is 0 Å². The van der Waals surface area contributed by atoms with Gasteiger partial charge in [-0.15, -0.1) is 0 Å². The van der Waals surface area contributed by atoms with E-state index >= 15 is 0 Å². The lowest BCUT2D eigenvalue weighted by Crippen LogP contribution is -1.97. The number of aromatic nitrogens is 3. The van der Waals surface area contributed by atoms with Gasteiger partial charge in [-0.2, -0.15) is 4.98 Å². The molecular formula is C18H15F2N5O. The Balaban J connectivity index is 1.83. The Morgan fingerprint density at radius 1 is 1.27 bits per heavy atom. The van der Waals surface area contributed by atoms with Crippen LogP contribution in [0.1, 0.15) is 12.6 Å². The predicted molar refractivity (Wildman–Crippen MR) is 96.5 cm³/mol. The van der Waals surface area contributed by atoms with Crippen LogP contribution in [0.4, 0.5) is 26.4 Å². The fourth-order valence-electron chi connectivity index (χ4n) is 2.16. The van der Waals surface area contributed by atoms with Gasteiger partial charge in [-0.3, -0.25) is 0 Å². The molecule has 0 aliphatic heterocycles. The fraction of sp³-hybridized carbons (Fsp3) is 0.0556. The van der Waals surface area contributed by atoms with Gasteiger partial charge < -0.3 is 15.0 Å². The summed E-state index contributed by atoms with van der Waals surface area (Å²) in [4.78, 5) is 15.5. The van der Waals surface area contributed by atoms with Gasteiger partial charge in [0.15, 0.2) is 23.2 Å². The topological polar surface area (TPSA) is 75.2 Å². The van der Waals surface area contributed by atoms with Crippen molar-refractivity contribution in [3.05, 3.63) is 60.4 Å². The number of H-pyrrole nitrogens is 1. The zero-order valence-corrected chi connectivity index (χ0v) is 13.8. The Bertz CT molecular complexity index is 948. The van der Waals surface area contributed by atoms with Crippen LogP contribution in [0.25, 0.3) is 6.08 Å². The van der Waals surface area contributed by atoms with Crippen molar-refractivity contribution >= 4 is 29.9 Å². The average molecular weight is 355 g/mol. The van der Waals surface area contributed by atoms with Crippen LogP contribution in [0.15, 0.2) is 48.1 Å². The molecule has 0 unspecified atom stereocenters. The number of aliphatic imine (C=N–C) groups is 1. The Morgan fingerprint density at radius 2 is 2.04 bits per heavy atom. The van der Waals surface area contributed by atoms with Crippen LogP contribution in [-0.4, -0.2) is 21.2 Å². The number of imidazole rings is 1. The lowest BCUT2D eigenvalue weighted by molar-refractivity contribution is 0.407. The number of hydrogen-bond donors (Lipinski definition) is 2. The van der Waals surface area contributed by atoms with E-state index in [2.05, 4.69) is 31.8 Å².